The third-order valence-corrected chi connectivity index (χ3v) is 13.2. The molecule has 53 heavy (non-hydrogen) atoms. The highest BCUT2D eigenvalue weighted by Gasteiger charge is 2.38. The van der Waals surface area contributed by atoms with E-state index < -0.39 is 11.0 Å². The zero-order chi connectivity index (χ0) is 37.6. The molecular formula is C42H54N6O4S. The summed E-state index contributed by atoms with van der Waals surface area (Å²) in [5, 5.41) is 5.68. The number of benzene rings is 2. The van der Waals surface area contributed by atoms with Gasteiger partial charge in [0.05, 0.1) is 42.1 Å². The summed E-state index contributed by atoms with van der Waals surface area (Å²) >= 11 is 0. The monoisotopic (exact) mass is 738 g/mol. The van der Waals surface area contributed by atoms with E-state index in [-0.39, 0.29) is 29.1 Å². The lowest BCUT2D eigenvalue weighted by Gasteiger charge is -2.30. The lowest BCUT2D eigenvalue weighted by Crippen LogP contribution is -2.44. The van der Waals surface area contributed by atoms with Gasteiger partial charge >= 0.3 is 0 Å². The van der Waals surface area contributed by atoms with Crippen LogP contribution in [0.1, 0.15) is 116 Å². The van der Waals surface area contributed by atoms with Gasteiger partial charge in [0.15, 0.2) is 0 Å². The van der Waals surface area contributed by atoms with Gasteiger partial charge in [0, 0.05) is 47.7 Å². The van der Waals surface area contributed by atoms with E-state index in [2.05, 4.69) is 64.4 Å². The second kappa shape index (κ2) is 15.3. The summed E-state index contributed by atoms with van der Waals surface area (Å²) in [7, 11) is 6.23. The summed E-state index contributed by atoms with van der Waals surface area (Å²) in [5.41, 5.74) is 8.33. The van der Waals surface area contributed by atoms with Gasteiger partial charge in [-0.2, -0.15) is 5.10 Å². The average molecular weight is 739 g/mol. The van der Waals surface area contributed by atoms with Gasteiger partial charge in [0.2, 0.25) is 0 Å². The molecule has 10 nitrogen and oxygen atoms in total. The summed E-state index contributed by atoms with van der Waals surface area (Å²) < 4.78 is 25.6. The largest absolute Gasteiger partial charge is 0.497 e. The summed E-state index contributed by atoms with van der Waals surface area (Å²) in [6, 6.07) is 12.5. The van der Waals surface area contributed by atoms with Crippen molar-refractivity contribution in [3.63, 3.8) is 0 Å². The van der Waals surface area contributed by atoms with Crippen molar-refractivity contribution in [2.45, 2.75) is 102 Å². The first-order valence-electron chi connectivity index (χ1n) is 19.3. The van der Waals surface area contributed by atoms with Crippen LogP contribution >= 0.6 is 0 Å². The number of methoxy groups -OCH3 is 1. The van der Waals surface area contributed by atoms with Gasteiger partial charge < -0.3 is 19.1 Å². The molecule has 1 aliphatic carbocycles. The van der Waals surface area contributed by atoms with E-state index in [9.17, 15) is 13.8 Å². The fraction of sp³-hybridized carbons (Fsp3) is 0.500. The van der Waals surface area contributed by atoms with Crippen molar-refractivity contribution in [1.82, 2.24) is 28.9 Å². The molecule has 0 spiro atoms. The molecule has 1 saturated carbocycles. The smallest absolute Gasteiger partial charge is 0.263 e. The minimum absolute atomic E-state index is 0.00899. The standard InChI is InChI=1S/C42H54N6O4S/c1-8-27(3)53(51)44-41(49)29-15-18-35-37(22-29)47-24-31(39-36(23-43-46(39)6)42(50)48-26(2)14-16-32(48)25-45(4)5)20-30-21-33(52-7)17-19-34(30)40(47)38(35)28-12-10-9-11-13-28/h15,17-23,26-28,32H,8-14,16,24-25H2,1-7H3,(H,44,49). The Kier molecular flexibility index (Phi) is 10.7. The fourth-order valence-electron chi connectivity index (χ4n) is 8.88. The number of hydrogen-bond donors (Lipinski definition) is 1. The highest BCUT2D eigenvalue weighted by atomic mass is 32.2. The third-order valence-electron chi connectivity index (χ3n) is 11.8. The Hall–Kier alpha value is -4.22. The van der Waals surface area contributed by atoms with Gasteiger partial charge in [-0.05, 0) is 119 Å². The molecule has 1 saturated heterocycles. The van der Waals surface area contributed by atoms with Gasteiger partial charge in [-0.25, -0.2) is 4.21 Å². The molecule has 2 aromatic heterocycles. The predicted molar refractivity (Wildman–Crippen MR) is 213 cm³/mol. The van der Waals surface area contributed by atoms with Gasteiger partial charge in [-0.3, -0.25) is 19.0 Å². The van der Waals surface area contributed by atoms with E-state index in [1.54, 1.807) is 13.3 Å². The van der Waals surface area contributed by atoms with Crippen LogP contribution in [0.25, 0.3) is 33.8 Å². The SMILES string of the molecule is CCC(C)S(=O)NC(=O)c1ccc2c(C3CCCCC3)c3n(c2c1)CC(c1c(C(=O)N2C(C)CCC2CN(C)C)cnn1C)=Cc1cc(OC)ccc1-3. The number of nitrogens with one attached hydrogen (secondary N) is 1. The van der Waals surface area contributed by atoms with Crippen molar-refractivity contribution in [2.75, 3.05) is 27.7 Å². The number of carbonyl (C=O) groups is 2. The van der Waals surface area contributed by atoms with E-state index in [4.69, 9.17) is 9.84 Å². The number of ether oxygens (including phenoxy) is 1. The number of carbonyl (C=O) groups excluding carboxylic acids is 2. The van der Waals surface area contributed by atoms with E-state index in [1.165, 1.54) is 24.8 Å². The maximum Gasteiger partial charge on any atom is 0.263 e. The second-order valence-electron chi connectivity index (χ2n) is 15.6. The highest BCUT2D eigenvalue weighted by Crippen LogP contribution is 2.48. The molecule has 2 aliphatic heterocycles. The molecule has 0 bridgehead atoms. The first kappa shape index (κ1) is 37.1. The number of hydrogen-bond acceptors (Lipinski definition) is 6. The van der Waals surface area contributed by atoms with Crippen molar-refractivity contribution < 1.29 is 18.5 Å². The van der Waals surface area contributed by atoms with E-state index >= 15 is 0 Å². The lowest BCUT2D eigenvalue weighted by molar-refractivity contribution is 0.0655. The van der Waals surface area contributed by atoms with Gasteiger partial charge in [-0.1, -0.05) is 32.3 Å². The molecule has 0 radical (unpaired) electrons. The van der Waals surface area contributed by atoms with E-state index in [0.29, 0.717) is 30.0 Å². The van der Waals surface area contributed by atoms with Crippen LogP contribution in [-0.2, 0) is 24.6 Å². The zero-order valence-electron chi connectivity index (χ0n) is 32.3. The van der Waals surface area contributed by atoms with Crippen molar-refractivity contribution in [3.8, 4) is 17.0 Å². The van der Waals surface area contributed by atoms with Crippen LogP contribution in [0.4, 0.5) is 0 Å². The molecule has 2 fully saturated rings. The van der Waals surface area contributed by atoms with Crippen LogP contribution in [0.2, 0.25) is 0 Å². The molecule has 7 rings (SSSR count). The summed E-state index contributed by atoms with van der Waals surface area (Å²) in [6.07, 6.45) is 12.4. The molecule has 4 unspecified atom stereocenters. The van der Waals surface area contributed by atoms with Crippen LogP contribution in [0.3, 0.4) is 0 Å². The first-order valence-corrected chi connectivity index (χ1v) is 20.5. The van der Waals surface area contributed by atoms with Crippen LogP contribution < -0.4 is 9.46 Å². The van der Waals surface area contributed by atoms with E-state index in [1.807, 2.05) is 43.8 Å². The average Bonchev–Trinajstić information content (AvgIpc) is 3.78. The first-order chi connectivity index (χ1) is 25.5. The van der Waals surface area contributed by atoms with Crippen LogP contribution in [-0.4, -0.2) is 85.3 Å². The Balaban J connectivity index is 1.42. The molecule has 4 aromatic rings. The van der Waals surface area contributed by atoms with Crippen molar-refractivity contribution in [3.05, 3.63) is 70.5 Å². The van der Waals surface area contributed by atoms with Gasteiger partial charge in [-0.15, -0.1) is 0 Å². The minimum Gasteiger partial charge on any atom is -0.497 e. The maximum absolute atomic E-state index is 14.6. The van der Waals surface area contributed by atoms with Crippen LogP contribution in [0.15, 0.2) is 42.6 Å². The Morgan fingerprint density at radius 1 is 1.06 bits per heavy atom. The molecule has 2 amide bonds. The van der Waals surface area contributed by atoms with Gasteiger partial charge in [0.1, 0.15) is 16.7 Å². The molecule has 3 aliphatic rings. The molecule has 282 valence electrons. The molecule has 4 heterocycles. The lowest BCUT2D eigenvalue weighted by atomic mass is 9.81. The number of likely N-dealkylation sites (tertiary alicyclic amines) is 1. The van der Waals surface area contributed by atoms with Gasteiger partial charge in [0.25, 0.3) is 11.8 Å². The number of aryl methyl sites for hydroxylation is 1. The number of amides is 2. The zero-order valence-corrected chi connectivity index (χ0v) is 33.1. The number of nitrogens with zero attached hydrogens (tertiary/aromatic N) is 5. The Morgan fingerprint density at radius 2 is 1.83 bits per heavy atom. The molecule has 11 heteroatoms. The molecule has 4 atom stereocenters. The third kappa shape index (κ3) is 6.98. The number of fused-ring (bicyclic) bond motifs is 5. The summed E-state index contributed by atoms with van der Waals surface area (Å²) in [4.78, 5) is 32.5. The molecule has 2 aromatic carbocycles. The minimum atomic E-state index is -1.49. The topological polar surface area (TPSA) is 102 Å². The predicted octanol–water partition coefficient (Wildman–Crippen LogP) is 7.40. The fourth-order valence-corrected chi connectivity index (χ4v) is 9.69. The number of allylic oxidation sites excluding steroid dienone is 1. The van der Waals surface area contributed by atoms with Crippen LogP contribution in [0, 0.1) is 0 Å². The van der Waals surface area contributed by atoms with Crippen molar-refractivity contribution in [2.24, 2.45) is 7.05 Å². The van der Waals surface area contributed by atoms with E-state index in [0.717, 1.165) is 77.0 Å². The van der Waals surface area contributed by atoms with Crippen LogP contribution in [0.5, 0.6) is 5.75 Å². The number of likely N-dealkylation sites (N-methyl/N-ethyl adjacent to an activating group) is 1. The van der Waals surface area contributed by atoms with Crippen molar-refractivity contribution >= 4 is 45.4 Å². The molecular weight excluding hydrogens is 685 g/mol. The van der Waals surface area contributed by atoms with Crippen molar-refractivity contribution in [1.29, 1.82) is 0 Å². The maximum atomic E-state index is 14.6. The molecule has 1 N–H and O–H groups in total. The summed E-state index contributed by atoms with van der Waals surface area (Å²) in [6.45, 7) is 7.28. The Morgan fingerprint density at radius 3 is 2.55 bits per heavy atom. The number of rotatable bonds is 10. The highest BCUT2D eigenvalue weighted by molar-refractivity contribution is 7.84. The number of aromatic nitrogens is 3. The Bertz CT molecular complexity index is 2090. The quantitative estimate of drug-likeness (QED) is 0.182. The second-order valence-corrected chi connectivity index (χ2v) is 17.2. The Labute approximate surface area is 316 Å². The normalized spacial score (nSPS) is 20.2. The summed E-state index contributed by atoms with van der Waals surface area (Å²) in [5.74, 6) is 0.793.